The maximum atomic E-state index is 10.1. The Kier molecular flexibility index (Phi) is 2.37. The van der Waals surface area contributed by atoms with Gasteiger partial charge in [0.2, 0.25) is 0 Å². The van der Waals surface area contributed by atoms with Crippen molar-refractivity contribution in [1.29, 1.82) is 0 Å². The third kappa shape index (κ3) is 2.03. The molecule has 0 radical (unpaired) electrons. The first-order valence-corrected chi connectivity index (χ1v) is 4.33. The standard InChI is InChI=1S/C10H10O4/c11-10(12)13-6-8-9(14-8)7-4-2-1-3-5-7/h1-5,8-9H,6H2,(H,11,12)/t8-,9+/m1/s1. The molecular formula is C10H10O4. The van der Waals surface area contributed by atoms with Crippen molar-refractivity contribution in [1.82, 2.24) is 0 Å². The Morgan fingerprint density at radius 3 is 2.79 bits per heavy atom. The maximum Gasteiger partial charge on any atom is 0.505 e. The summed E-state index contributed by atoms with van der Waals surface area (Å²) in [6.07, 6.45) is -1.38. The van der Waals surface area contributed by atoms with Crippen LogP contribution in [0.15, 0.2) is 30.3 Å². The lowest BCUT2D eigenvalue weighted by Gasteiger charge is -1.95. The Hall–Kier alpha value is -1.55. The highest BCUT2D eigenvalue weighted by Crippen LogP contribution is 2.38. The van der Waals surface area contributed by atoms with Crippen LogP contribution in [0, 0.1) is 0 Å². The second kappa shape index (κ2) is 3.67. The van der Waals surface area contributed by atoms with E-state index in [2.05, 4.69) is 4.74 Å². The van der Waals surface area contributed by atoms with Crippen molar-refractivity contribution in [2.24, 2.45) is 0 Å². The van der Waals surface area contributed by atoms with Crippen LogP contribution in [0.5, 0.6) is 0 Å². The summed E-state index contributed by atoms with van der Waals surface area (Å²) < 4.78 is 9.67. The molecule has 2 rings (SSSR count). The van der Waals surface area contributed by atoms with Crippen LogP contribution in [0.25, 0.3) is 0 Å². The molecule has 1 fully saturated rings. The molecule has 4 nitrogen and oxygen atoms in total. The monoisotopic (exact) mass is 194 g/mol. The highest BCUT2D eigenvalue weighted by atomic mass is 16.7. The van der Waals surface area contributed by atoms with E-state index in [1.165, 1.54) is 0 Å². The first-order chi connectivity index (χ1) is 6.77. The predicted molar refractivity (Wildman–Crippen MR) is 48.0 cm³/mol. The largest absolute Gasteiger partial charge is 0.505 e. The number of epoxide rings is 1. The van der Waals surface area contributed by atoms with Crippen LogP contribution in [0.1, 0.15) is 11.7 Å². The molecule has 0 aromatic heterocycles. The van der Waals surface area contributed by atoms with Crippen LogP contribution in [0.2, 0.25) is 0 Å². The van der Waals surface area contributed by atoms with Crippen molar-refractivity contribution in [3.63, 3.8) is 0 Å². The van der Waals surface area contributed by atoms with Gasteiger partial charge in [-0.1, -0.05) is 30.3 Å². The van der Waals surface area contributed by atoms with Crippen molar-refractivity contribution in [2.45, 2.75) is 12.2 Å². The molecule has 1 N–H and O–H groups in total. The van der Waals surface area contributed by atoms with Crippen LogP contribution in [0.4, 0.5) is 4.79 Å². The zero-order chi connectivity index (χ0) is 9.97. The molecule has 4 heteroatoms. The van der Waals surface area contributed by atoms with Gasteiger partial charge >= 0.3 is 6.16 Å². The van der Waals surface area contributed by atoms with Gasteiger partial charge in [0.15, 0.2) is 0 Å². The van der Waals surface area contributed by atoms with E-state index in [0.29, 0.717) is 0 Å². The van der Waals surface area contributed by atoms with Gasteiger partial charge in [0.05, 0.1) is 0 Å². The molecule has 1 aliphatic rings. The Labute approximate surface area is 81.1 Å². The third-order valence-electron chi connectivity index (χ3n) is 2.08. The Morgan fingerprint density at radius 1 is 1.43 bits per heavy atom. The molecule has 0 aliphatic carbocycles. The van der Waals surface area contributed by atoms with Crippen LogP contribution in [-0.2, 0) is 9.47 Å². The van der Waals surface area contributed by atoms with Gasteiger partial charge in [-0.05, 0) is 5.56 Å². The van der Waals surface area contributed by atoms with E-state index in [1.807, 2.05) is 30.3 Å². The summed E-state index contributed by atoms with van der Waals surface area (Å²) in [6.45, 7) is 0.106. The van der Waals surface area contributed by atoms with E-state index in [4.69, 9.17) is 9.84 Å². The molecule has 0 amide bonds. The van der Waals surface area contributed by atoms with E-state index in [-0.39, 0.29) is 18.8 Å². The van der Waals surface area contributed by atoms with Crippen LogP contribution < -0.4 is 0 Å². The highest BCUT2D eigenvalue weighted by Gasteiger charge is 2.40. The second-order valence-corrected chi connectivity index (χ2v) is 3.08. The number of hydrogen-bond acceptors (Lipinski definition) is 3. The normalized spacial score (nSPS) is 24.3. The van der Waals surface area contributed by atoms with Crippen LogP contribution in [-0.4, -0.2) is 24.0 Å². The van der Waals surface area contributed by atoms with E-state index < -0.39 is 6.16 Å². The quantitative estimate of drug-likeness (QED) is 0.589. The summed E-state index contributed by atoms with van der Waals surface area (Å²) in [7, 11) is 0. The summed E-state index contributed by atoms with van der Waals surface area (Å²) in [5, 5.41) is 8.27. The number of carboxylic acid groups (broad SMARTS) is 1. The Balaban J connectivity index is 1.85. The van der Waals surface area contributed by atoms with E-state index >= 15 is 0 Å². The minimum absolute atomic E-state index is 0.00412. The van der Waals surface area contributed by atoms with Gasteiger partial charge in [-0.2, -0.15) is 0 Å². The van der Waals surface area contributed by atoms with Gasteiger partial charge in [0.25, 0.3) is 0 Å². The summed E-state index contributed by atoms with van der Waals surface area (Å²) in [6, 6.07) is 9.67. The first kappa shape index (κ1) is 9.02. The molecule has 1 aliphatic heterocycles. The lowest BCUT2D eigenvalue weighted by molar-refractivity contribution is 0.0848. The number of hydrogen-bond donors (Lipinski definition) is 1. The molecule has 14 heavy (non-hydrogen) atoms. The maximum absolute atomic E-state index is 10.1. The van der Waals surface area contributed by atoms with E-state index in [1.54, 1.807) is 0 Å². The molecule has 0 unspecified atom stereocenters. The summed E-state index contributed by atoms with van der Waals surface area (Å²) in [5.74, 6) is 0. The Bertz CT molecular complexity index is 322. The number of benzene rings is 1. The average Bonchev–Trinajstić information content (AvgIpc) is 2.95. The summed E-state index contributed by atoms with van der Waals surface area (Å²) in [4.78, 5) is 10.1. The second-order valence-electron chi connectivity index (χ2n) is 3.08. The molecule has 2 atom stereocenters. The molecule has 0 spiro atoms. The van der Waals surface area contributed by atoms with Crippen molar-refractivity contribution in [3.8, 4) is 0 Å². The highest BCUT2D eigenvalue weighted by molar-refractivity contribution is 5.56. The zero-order valence-corrected chi connectivity index (χ0v) is 7.42. The average molecular weight is 194 g/mol. The van der Waals surface area contributed by atoms with Crippen LogP contribution in [0.3, 0.4) is 0 Å². The molecule has 74 valence electrons. The van der Waals surface area contributed by atoms with Gasteiger partial charge in [-0.3, -0.25) is 0 Å². The zero-order valence-electron chi connectivity index (χ0n) is 7.42. The SMILES string of the molecule is O=C(O)OC[C@H]1O[C@H]1c1ccccc1. The van der Waals surface area contributed by atoms with Crippen molar-refractivity contribution >= 4 is 6.16 Å². The minimum Gasteiger partial charge on any atom is -0.450 e. The fourth-order valence-corrected chi connectivity index (χ4v) is 1.36. The van der Waals surface area contributed by atoms with Crippen LogP contribution >= 0.6 is 0 Å². The first-order valence-electron chi connectivity index (χ1n) is 4.33. The molecule has 1 heterocycles. The molecule has 0 bridgehead atoms. The van der Waals surface area contributed by atoms with Gasteiger partial charge < -0.3 is 14.6 Å². The van der Waals surface area contributed by atoms with Gasteiger partial charge in [0, 0.05) is 0 Å². The lowest BCUT2D eigenvalue weighted by atomic mass is 10.1. The topological polar surface area (TPSA) is 59.1 Å². The predicted octanol–water partition coefficient (Wildman–Crippen LogP) is 1.82. The molecule has 1 aromatic rings. The van der Waals surface area contributed by atoms with Crippen molar-refractivity contribution in [3.05, 3.63) is 35.9 Å². The van der Waals surface area contributed by atoms with Crippen molar-refractivity contribution < 1.29 is 19.4 Å². The van der Waals surface area contributed by atoms with Gasteiger partial charge in [0.1, 0.15) is 18.8 Å². The fraction of sp³-hybridized carbons (Fsp3) is 0.300. The smallest absolute Gasteiger partial charge is 0.450 e. The molecule has 1 aromatic carbocycles. The number of ether oxygens (including phenoxy) is 2. The summed E-state index contributed by atoms with van der Waals surface area (Å²) >= 11 is 0. The molecule has 1 saturated heterocycles. The molecule has 0 saturated carbocycles. The van der Waals surface area contributed by atoms with E-state index in [9.17, 15) is 4.79 Å². The third-order valence-corrected chi connectivity index (χ3v) is 2.08. The van der Waals surface area contributed by atoms with Gasteiger partial charge in [-0.15, -0.1) is 0 Å². The number of carbonyl (C=O) groups is 1. The van der Waals surface area contributed by atoms with E-state index in [0.717, 1.165) is 5.56 Å². The lowest BCUT2D eigenvalue weighted by Crippen LogP contribution is -2.07. The Morgan fingerprint density at radius 2 is 2.14 bits per heavy atom. The fourth-order valence-electron chi connectivity index (χ4n) is 1.36. The number of rotatable bonds is 3. The minimum atomic E-state index is -1.26. The molecular weight excluding hydrogens is 184 g/mol. The van der Waals surface area contributed by atoms with Gasteiger partial charge in [-0.25, -0.2) is 4.79 Å². The summed E-state index contributed by atoms with van der Waals surface area (Å²) in [5.41, 5.74) is 1.06. The van der Waals surface area contributed by atoms with Crippen molar-refractivity contribution in [2.75, 3.05) is 6.61 Å².